The van der Waals surface area contributed by atoms with E-state index < -0.39 is 35.0 Å². The van der Waals surface area contributed by atoms with Gasteiger partial charge >= 0.3 is 17.9 Å². The van der Waals surface area contributed by atoms with E-state index in [4.69, 9.17) is 32.7 Å². The van der Waals surface area contributed by atoms with Crippen LogP contribution >= 0.6 is 23.2 Å². The van der Waals surface area contributed by atoms with Gasteiger partial charge in [0.25, 0.3) is 0 Å². The van der Waals surface area contributed by atoms with E-state index in [0.29, 0.717) is 11.1 Å². The number of carboxylic acids is 1. The Bertz CT molecular complexity index is 1560. The Morgan fingerprint density at radius 1 is 1.00 bits per heavy atom. The van der Waals surface area contributed by atoms with Crippen LogP contribution in [0.5, 0.6) is 0 Å². The maximum Gasteiger partial charge on any atom is 0.422 e. The Morgan fingerprint density at radius 3 is 2.17 bits per heavy atom. The molecule has 0 radical (unpaired) electrons. The van der Waals surface area contributed by atoms with Gasteiger partial charge in [-0.3, -0.25) is 4.57 Å². The summed E-state index contributed by atoms with van der Waals surface area (Å²) in [6.45, 7) is 1.20. The lowest BCUT2D eigenvalue weighted by molar-refractivity contribution is -0.274. The second kappa shape index (κ2) is 8.99. The fraction of sp³-hybridized carbons (Fsp3) is 0.200. The first-order chi connectivity index (χ1) is 16.8. The Kier molecular flexibility index (Phi) is 6.45. The van der Waals surface area contributed by atoms with Gasteiger partial charge in [0, 0.05) is 18.0 Å². The molecule has 6 nitrogen and oxygen atoms in total. The Labute approximate surface area is 212 Å². The first kappa shape index (κ1) is 25.8. The van der Waals surface area contributed by atoms with Gasteiger partial charge in [0.15, 0.2) is 11.2 Å². The third kappa shape index (κ3) is 4.17. The van der Waals surface area contributed by atoms with Gasteiger partial charge in [0.05, 0.1) is 16.1 Å². The van der Waals surface area contributed by atoms with Crippen molar-refractivity contribution in [2.24, 2.45) is 7.05 Å². The van der Waals surface area contributed by atoms with Gasteiger partial charge in [-0.1, -0.05) is 54.4 Å². The molecule has 3 aromatic carbocycles. The Hall–Kier alpha value is -3.27. The molecule has 4 aromatic rings. The monoisotopic (exact) mass is 539 g/mol. The molecule has 0 saturated heterocycles. The molecule has 11 heteroatoms. The number of aryl methyl sites for hydroxylation is 1. The summed E-state index contributed by atoms with van der Waals surface area (Å²) in [6.07, 6.45) is -5.11. The molecule has 0 fully saturated rings. The zero-order chi connectivity index (χ0) is 26.6. The molecule has 1 aromatic heterocycles. The van der Waals surface area contributed by atoms with Gasteiger partial charge < -0.3 is 14.6 Å². The van der Waals surface area contributed by atoms with Crippen molar-refractivity contribution in [1.29, 1.82) is 0 Å². The van der Waals surface area contributed by atoms with Crippen LogP contribution in [0.4, 0.5) is 13.2 Å². The van der Waals surface area contributed by atoms with E-state index >= 15 is 0 Å². The Morgan fingerprint density at radius 2 is 1.61 bits per heavy atom. The van der Waals surface area contributed by atoms with Gasteiger partial charge in [0.2, 0.25) is 0 Å². The minimum atomic E-state index is -5.11. The van der Waals surface area contributed by atoms with Crippen LogP contribution in [0, 0.1) is 0 Å². The van der Waals surface area contributed by atoms with Crippen molar-refractivity contribution in [3.63, 3.8) is 0 Å². The van der Waals surface area contributed by atoms with Crippen LogP contribution in [-0.2, 0) is 12.6 Å². The van der Waals surface area contributed by atoms with Crippen LogP contribution in [0.1, 0.15) is 34.3 Å². The fourth-order valence-electron chi connectivity index (χ4n) is 4.17. The zero-order valence-corrected chi connectivity index (χ0v) is 20.2. The van der Waals surface area contributed by atoms with Crippen LogP contribution in [0.15, 0.2) is 63.8 Å². The lowest BCUT2D eigenvalue weighted by Gasteiger charge is -2.37. The number of alkyl halides is 3. The summed E-state index contributed by atoms with van der Waals surface area (Å²) in [5, 5.41) is 20.2. The molecule has 4 rings (SSSR count). The highest BCUT2D eigenvalue weighted by molar-refractivity contribution is 6.34. The average molecular weight is 540 g/mol. The van der Waals surface area contributed by atoms with Crippen molar-refractivity contribution < 1.29 is 32.6 Å². The number of aromatic carboxylic acids is 1. The first-order valence-corrected chi connectivity index (χ1v) is 11.2. The summed E-state index contributed by atoms with van der Waals surface area (Å²) >= 11 is 12.4. The largest absolute Gasteiger partial charge is 0.478 e. The van der Waals surface area contributed by atoms with Gasteiger partial charge in [0.1, 0.15) is 0 Å². The maximum atomic E-state index is 14.4. The topological polar surface area (TPSA) is 92.7 Å². The van der Waals surface area contributed by atoms with E-state index in [2.05, 4.69) is 0 Å². The van der Waals surface area contributed by atoms with Crippen molar-refractivity contribution in [2.45, 2.75) is 24.6 Å². The highest BCUT2D eigenvalue weighted by Gasteiger charge is 2.59. The number of halogens is 5. The second-order valence-corrected chi connectivity index (χ2v) is 9.15. The van der Waals surface area contributed by atoms with Gasteiger partial charge in [-0.25, -0.2) is 9.59 Å². The normalized spacial score (nSPS) is 14.6. The smallest absolute Gasteiger partial charge is 0.422 e. The number of benzene rings is 3. The van der Waals surface area contributed by atoms with Crippen LogP contribution in [-0.4, -0.2) is 26.9 Å². The van der Waals surface area contributed by atoms with E-state index in [1.54, 1.807) is 0 Å². The minimum Gasteiger partial charge on any atom is -0.478 e. The number of hydrogen-bond donors (Lipinski definition) is 2. The van der Waals surface area contributed by atoms with Crippen molar-refractivity contribution in [1.82, 2.24) is 4.57 Å². The summed E-state index contributed by atoms with van der Waals surface area (Å²) < 4.78 is 49.2. The molecule has 0 saturated carbocycles. The molecule has 0 amide bonds. The molecule has 0 unspecified atom stereocenters. The van der Waals surface area contributed by atoms with Gasteiger partial charge in [-0.05, 0) is 52.6 Å². The highest BCUT2D eigenvalue weighted by Crippen LogP contribution is 2.50. The molecule has 1 heterocycles. The first-order valence-electron chi connectivity index (χ1n) is 10.5. The van der Waals surface area contributed by atoms with Gasteiger partial charge in [-0.2, -0.15) is 13.2 Å². The number of nitrogens with zero attached hydrogens (tertiary/aromatic N) is 1. The molecule has 0 aliphatic heterocycles. The van der Waals surface area contributed by atoms with Crippen LogP contribution in [0.25, 0.3) is 22.2 Å². The quantitative estimate of drug-likeness (QED) is 0.308. The number of hydrogen-bond acceptors (Lipinski definition) is 4. The molecule has 2 atom stereocenters. The molecule has 2 N–H and O–H groups in total. The molecule has 0 spiro atoms. The van der Waals surface area contributed by atoms with E-state index in [1.165, 1.54) is 56.4 Å². The number of fused-ring (bicyclic) bond motifs is 1. The van der Waals surface area contributed by atoms with Crippen molar-refractivity contribution >= 4 is 40.3 Å². The molecule has 0 aliphatic rings. The predicted octanol–water partition coefficient (Wildman–Crippen LogP) is 6.36. The van der Waals surface area contributed by atoms with Crippen molar-refractivity contribution in [3.8, 4) is 11.1 Å². The molecule has 0 bridgehead atoms. The predicted molar refractivity (Wildman–Crippen MR) is 129 cm³/mol. The lowest BCUT2D eigenvalue weighted by Crippen LogP contribution is -2.46. The third-order valence-electron chi connectivity index (χ3n) is 6.29. The zero-order valence-electron chi connectivity index (χ0n) is 18.7. The fourth-order valence-corrected chi connectivity index (χ4v) is 4.78. The summed E-state index contributed by atoms with van der Waals surface area (Å²) in [4.78, 5) is 23.0. The van der Waals surface area contributed by atoms with E-state index in [1.807, 2.05) is 0 Å². The summed E-state index contributed by atoms with van der Waals surface area (Å²) in [5.41, 5.74) is -2.75. The van der Waals surface area contributed by atoms with Crippen molar-refractivity contribution in [3.05, 3.63) is 91.9 Å². The number of rotatable bonds is 5. The number of oxazole rings is 1. The average Bonchev–Trinajstić information content (AvgIpc) is 3.09. The number of carbonyl (C=O) groups is 1. The van der Waals surface area contributed by atoms with Crippen LogP contribution in [0.2, 0.25) is 10.0 Å². The molecular weight excluding hydrogens is 522 g/mol. The molecular formula is C25H18Cl2F3NO5. The number of aromatic nitrogens is 1. The van der Waals surface area contributed by atoms with E-state index in [-0.39, 0.29) is 32.3 Å². The van der Waals surface area contributed by atoms with Crippen molar-refractivity contribution in [2.75, 3.05) is 0 Å². The number of aliphatic hydroxyl groups is 1. The van der Waals surface area contributed by atoms with Gasteiger partial charge in [-0.15, -0.1) is 0 Å². The van der Waals surface area contributed by atoms with Crippen LogP contribution < -0.4 is 5.76 Å². The van der Waals surface area contributed by atoms with Crippen LogP contribution in [0.3, 0.4) is 0 Å². The third-order valence-corrected chi connectivity index (χ3v) is 6.93. The standard InChI is InChI=1S/C25H18Cl2F3NO5/c1-12(16-6-3-13(9-18(16)26)14-4-7-17(22(32)33)19(27)10-14)24(35,25(28,29)30)15-5-8-21-20(11-15)31(2)23(34)36-21/h3-12,35H,1-2H3,(H,32,33)/t12-,24-/m1/s1. The maximum absolute atomic E-state index is 14.4. The molecule has 188 valence electrons. The number of carboxylic acid groups (broad SMARTS) is 1. The highest BCUT2D eigenvalue weighted by atomic mass is 35.5. The summed E-state index contributed by atoms with van der Waals surface area (Å²) in [7, 11) is 1.35. The SMILES string of the molecule is C[C@H](c1ccc(-c2ccc(C(=O)O)c(Cl)c2)cc1Cl)[C@@](O)(c1ccc2oc(=O)n(C)c2c1)C(F)(F)F. The Balaban J connectivity index is 1.79. The molecule has 0 aliphatic carbocycles. The second-order valence-electron chi connectivity index (χ2n) is 8.33. The lowest BCUT2D eigenvalue weighted by atomic mass is 9.77. The summed E-state index contributed by atoms with van der Waals surface area (Å²) in [5.74, 6) is -3.51. The molecule has 36 heavy (non-hydrogen) atoms. The van der Waals surface area contributed by atoms with E-state index in [9.17, 15) is 27.9 Å². The minimum absolute atomic E-state index is 0.0101. The summed E-state index contributed by atoms with van der Waals surface area (Å²) in [6, 6.07) is 11.8. The van der Waals surface area contributed by atoms with E-state index in [0.717, 1.165) is 16.7 Å².